The van der Waals surface area contributed by atoms with Gasteiger partial charge in [0, 0.05) is 43.9 Å². The van der Waals surface area contributed by atoms with Crippen LogP contribution in [0.4, 0.5) is 17.6 Å². The molecule has 0 atom stereocenters. The molecule has 0 saturated carbocycles. The summed E-state index contributed by atoms with van der Waals surface area (Å²) in [7, 11) is 0. The molecule has 144 valence electrons. The number of benzene rings is 1. The Morgan fingerprint density at radius 1 is 1.12 bits per heavy atom. The van der Waals surface area contributed by atoms with E-state index < -0.39 is 13.2 Å². The maximum atomic E-state index is 12.5. The fourth-order valence-corrected chi connectivity index (χ4v) is 2.58. The molecule has 0 spiro atoms. The van der Waals surface area contributed by atoms with Crippen molar-refractivity contribution in [1.82, 2.24) is 9.80 Å². The van der Waals surface area contributed by atoms with Gasteiger partial charge >= 0.3 is 13.2 Å². The van der Waals surface area contributed by atoms with E-state index in [0.29, 0.717) is 13.1 Å². The summed E-state index contributed by atoms with van der Waals surface area (Å²) in [6, 6.07) is 3.39. The zero-order valence-electron chi connectivity index (χ0n) is 14.2. The van der Waals surface area contributed by atoms with Gasteiger partial charge in [-0.15, -0.1) is 0 Å². The molecule has 1 aliphatic heterocycles. The molecule has 2 rings (SSSR count). The SMILES string of the molecule is CCN1CCN(C(=O)/C=C/c2ccc(OC(F)F)cc2OC(F)F)CC1. The molecule has 0 aromatic heterocycles. The molecular weight excluding hydrogens is 356 g/mol. The first-order chi connectivity index (χ1) is 12.4. The standard InChI is InChI=1S/C17H20F4N2O3/c1-2-22-7-9-23(10-8-22)15(24)6-4-12-3-5-13(25-16(18)19)11-14(12)26-17(20)21/h3-6,11,16-17H,2,7-10H2,1H3/b6-4+. The van der Waals surface area contributed by atoms with Gasteiger partial charge in [0.05, 0.1) is 0 Å². The number of hydrogen-bond acceptors (Lipinski definition) is 4. The monoisotopic (exact) mass is 376 g/mol. The normalized spacial score (nSPS) is 15.9. The van der Waals surface area contributed by atoms with Gasteiger partial charge in [0.15, 0.2) is 0 Å². The minimum atomic E-state index is -3.14. The van der Waals surface area contributed by atoms with E-state index in [-0.39, 0.29) is 23.0 Å². The molecular formula is C17H20F4N2O3. The van der Waals surface area contributed by atoms with Crippen LogP contribution in [0.15, 0.2) is 24.3 Å². The van der Waals surface area contributed by atoms with E-state index in [9.17, 15) is 22.4 Å². The van der Waals surface area contributed by atoms with Gasteiger partial charge in [-0.3, -0.25) is 4.79 Å². The Balaban J connectivity index is 2.08. The lowest BCUT2D eigenvalue weighted by atomic mass is 10.1. The van der Waals surface area contributed by atoms with Crippen molar-refractivity contribution in [3.8, 4) is 11.5 Å². The van der Waals surface area contributed by atoms with Crippen molar-refractivity contribution in [2.24, 2.45) is 0 Å². The number of halogens is 4. The second-order valence-corrected chi connectivity index (χ2v) is 5.55. The predicted octanol–water partition coefficient (Wildman–Crippen LogP) is 3.07. The van der Waals surface area contributed by atoms with Gasteiger partial charge in [0.25, 0.3) is 0 Å². The van der Waals surface area contributed by atoms with Crippen LogP contribution in [-0.2, 0) is 4.79 Å². The Kier molecular flexibility index (Phi) is 7.26. The third kappa shape index (κ3) is 5.91. The Bertz CT molecular complexity index is 632. The van der Waals surface area contributed by atoms with Crippen LogP contribution in [0.25, 0.3) is 6.08 Å². The number of carbonyl (C=O) groups is 1. The van der Waals surface area contributed by atoms with Crippen LogP contribution in [0.3, 0.4) is 0 Å². The van der Waals surface area contributed by atoms with E-state index in [4.69, 9.17) is 0 Å². The van der Waals surface area contributed by atoms with Gasteiger partial charge in [-0.1, -0.05) is 6.92 Å². The van der Waals surface area contributed by atoms with Crippen molar-refractivity contribution < 1.29 is 31.8 Å². The Morgan fingerprint density at radius 3 is 2.35 bits per heavy atom. The Labute approximate surface area is 148 Å². The first-order valence-corrected chi connectivity index (χ1v) is 8.12. The average molecular weight is 376 g/mol. The molecule has 5 nitrogen and oxygen atoms in total. The van der Waals surface area contributed by atoms with Crippen LogP contribution in [0.1, 0.15) is 12.5 Å². The molecule has 1 amide bonds. The highest BCUT2D eigenvalue weighted by Gasteiger charge is 2.18. The van der Waals surface area contributed by atoms with Gasteiger partial charge in [0.2, 0.25) is 5.91 Å². The predicted molar refractivity (Wildman–Crippen MR) is 87.4 cm³/mol. The zero-order valence-corrected chi connectivity index (χ0v) is 14.2. The molecule has 0 unspecified atom stereocenters. The molecule has 0 aliphatic carbocycles. The number of hydrogen-bond donors (Lipinski definition) is 0. The third-order valence-corrected chi connectivity index (χ3v) is 3.96. The number of ether oxygens (including phenoxy) is 2. The number of rotatable bonds is 7. The molecule has 26 heavy (non-hydrogen) atoms. The number of likely N-dealkylation sites (N-methyl/N-ethyl adjacent to an activating group) is 1. The number of piperazine rings is 1. The molecule has 0 radical (unpaired) electrons. The van der Waals surface area contributed by atoms with E-state index in [1.807, 2.05) is 6.92 Å². The summed E-state index contributed by atoms with van der Waals surface area (Å²) in [5.41, 5.74) is 0.160. The van der Waals surface area contributed by atoms with Crippen molar-refractivity contribution in [3.63, 3.8) is 0 Å². The van der Waals surface area contributed by atoms with Crippen molar-refractivity contribution in [1.29, 1.82) is 0 Å². The molecule has 0 bridgehead atoms. The number of alkyl halides is 4. The first kappa shape index (κ1) is 20.0. The highest BCUT2D eigenvalue weighted by Crippen LogP contribution is 2.28. The van der Waals surface area contributed by atoms with Crippen molar-refractivity contribution >= 4 is 12.0 Å². The summed E-state index contributed by atoms with van der Waals surface area (Å²) in [4.78, 5) is 16.1. The van der Waals surface area contributed by atoms with Crippen molar-refractivity contribution in [2.45, 2.75) is 20.1 Å². The van der Waals surface area contributed by atoms with E-state index in [1.54, 1.807) is 4.90 Å². The lowest BCUT2D eigenvalue weighted by Crippen LogP contribution is -2.48. The van der Waals surface area contributed by atoms with Crippen LogP contribution in [-0.4, -0.2) is 61.7 Å². The lowest BCUT2D eigenvalue weighted by Gasteiger charge is -2.33. The molecule has 0 N–H and O–H groups in total. The van der Waals surface area contributed by atoms with Gasteiger partial charge < -0.3 is 19.3 Å². The second-order valence-electron chi connectivity index (χ2n) is 5.55. The van der Waals surface area contributed by atoms with Crippen LogP contribution in [0.2, 0.25) is 0 Å². The zero-order chi connectivity index (χ0) is 19.1. The highest BCUT2D eigenvalue weighted by atomic mass is 19.3. The summed E-state index contributed by atoms with van der Waals surface area (Å²) in [5, 5.41) is 0. The summed E-state index contributed by atoms with van der Waals surface area (Å²) in [6.45, 7) is -0.550. The topological polar surface area (TPSA) is 42.0 Å². The first-order valence-electron chi connectivity index (χ1n) is 8.12. The lowest BCUT2D eigenvalue weighted by molar-refractivity contribution is -0.127. The van der Waals surface area contributed by atoms with E-state index in [0.717, 1.165) is 25.7 Å². The van der Waals surface area contributed by atoms with Crippen LogP contribution < -0.4 is 9.47 Å². The summed E-state index contributed by atoms with van der Waals surface area (Å²) < 4.78 is 58.1. The van der Waals surface area contributed by atoms with E-state index in [2.05, 4.69) is 14.4 Å². The van der Waals surface area contributed by atoms with Crippen molar-refractivity contribution in [3.05, 3.63) is 29.8 Å². The Morgan fingerprint density at radius 2 is 1.77 bits per heavy atom. The highest BCUT2D eigenvalue weighted by molar-refractivity contribution is 5.92. The third-order valence-electron chi connectivity index (χ3n) is 3.96. The van der Waals surface area contributed by atoms with Crippen LogP contribution in [0, 0.1) is 0 Å². The summed E-state index contributed by atoms with van der Waals surface area (Å²) >= 11 is 0. The largest absolute Gasteiger partial charge is 0.435 e. The molecule has 1 aromatic rings. The number of carbonyl (C=O) groups excluding carboxylic acids is 1. The number of nitrogens with zero attached hydrogens (tertiary/aromatic N) is 2. The molecule has 1 aliphatic rings. The molecule has 1 saturated heterocycles. The van der Waals surface area contributed by atoms with Gasteiger partial charge in [-0.05, 0) is 24.8 Å². The molecule has 1 heterocycles. The Hall–Kier alpha value is -2.29. The van der Waals surface area contributed by atoms with E-state index >= 15 is 0 Å². The average Bonchev–Trinajstić information content (AvgIpc) is 2.60. The molecule has 1 aromatic carbocycles. The minimum absolute atomic E-state index is 0.160. The van der Waals surface area contributed by atoms with Gasteiger partial charge in [-0.2, -0.15) is 17.6 Å². The number of amides is 1. The smallest absolute Gasteiger partial charge is 0.387 e. The summed E-state index contributed by atoms with van der Waals surface area (Å²) in [5.74, 6) is -0.913. The van der Waals surface area contributed by atoms with Gasteiger partial charge in [0.1, 0.15) is 11.5 Å². The summed E-state index contributed by atoms with van der Waals surface area (Å²) in [6.07, 6.45) is 2.57. The maximum absolute atomic E-state index is 12.5. The van der Waals surface area contributed by atoms with Crippen LogP contribution in [0.5, 0.6) is 11.5 Å². The fourth-order valence-electron chi connectivity index (χ4n) is 2.58. The second kappa shape index (κ2) is 9.42. The van der Waals surface area contributed by atoms with Crippen molar-refractivity contribution in [2.75, 3.05) is 32.7 Å². The van der Waals surface area contributed by atoms with Crippen LogP contribution >= 0.6 is 0 Å². The minimum Gasteiger partial charge on any atom is -0.435 e. The van der Waals surface area contributed by atoms with Gasteiger partial charge in [-0.25, -0.2) is 0 Å². The molecule has 1 fully saturated rings. The van der Waals surface area contributed by atoms with E-state index in [1.165, 1.54) is 24.3 Å². The quantitative estimate of drug-likeness (QED) is 0.542. The maximum Gasteiger partial charge on any atom is 0.387 e. The molecule has 9 heteroatoms. The fraction of sp³-hybridized carbons (Fsp3) is 0.471.